The largest absolute Gasteiger partial charge is 0.497 e. The van der Waals surface area contributed by atoms with E-state index in [1.165, 1.54) is 49.6 Å². The lowest BCUT2D eigenvalue weighted by molar-refractivity contribution is -0.142. The van der Waals surface area contributed by atoms with Crippen molar-refractivity contribution in [2.24, 2.45) is 0 Å². The SMILES string of the molecule is COc1ccc2c(c1)c(CC(=O)NCCc1ccccc1)c(C(F)(F)F)n2C(=O)c1ccc(Cl)cc1. The third kappa shape index (κ3) is 5.39. The van der Waals surface area contributed by atoms with Crippen molar-refractivity contribution < 1.29 is 27.5 Å². The first-order valence-electron chi connectivity index (χ1n) is 11.1. The first kappa shape index (κ1) is 25.3. The number of benzene rings is 3. The van der Waals surface area contributed by atoms with Crippen molar-refractivity contribution in [3.63, 3.8) is 0 Å². The van der Waals surface area contributed by atoms with Crippen molar-refractivity contribution in [3.8, 4) is 5.75 Å². The molecule has 186 valence electrons. The topological polar surface area (TPSA) is 60.3 Å². The summed E-state index contributed by atoms with van der Waals surface area (Å²) in [5.74, 6) is -1.17. The lowest BCUT2D eigenvalue weighted by atomic mass is 10.1. The van der Waals surface area contributed by atoms with Gasteiger partial charge in [0.25, 0.3) is 5.91 Å². The average Bonchev–Trinajstić information content (AvgIpc) is 3.18. The fourth-order valence-electron chi connectivity index (χ4n) is 4.09. The molecule has 1 N–H and O–H groups in total. The number of hydrogen-bond acceptors (Lipinski definition) is 3. The van der Waals surface area contributed by atoms with Crippen LogP contribution >= 0.6 is 11.6 Å². The number of aromatic nitrogens is 1. The van der Waals surface area contributed by atoms with Crippen molar-refractivity contribution in [1.82, 2.24) is 9.88 Å². The number of rotatable bonds is 7. The molecule has 0 saturated carbocycles. The summed E-state index contributed by atoms with van der Waals surface area (Å²) in [6.45, 7) is 0.260. The van der Waals surface area contributed by atoms with Gasteiger partial charge in [-0.15, -0.1) is 0 Å². The standard InChI is InChI=1S/C27H22ClF3N2O3/c1-36-20-11-12-23-21(15-20)22(16-24(34)32-14-13-17-5-3-2-4-6-17)25(27(29,30)31)33(23)26(35)18-7-9-19(28)10-8-18/h2-12,15H,13-14,16H2,1H3,(H,32,34). The number of methoxy groups -OCH3 is 1. The summed E-state index contributed by atoms with van der Waals surface area (Å²) in [6, 6.07) is 19.2. The minimum Gasteiger partial charge on any atom is -0.497 e. The van der Waals surface area contributed by atoms with Crippen LogP contribution in [0.15, 0.2) is 72.8 Å². The number of fused-ring (bicyclic) bond motifs is 1. The Hall–Kier alpha value is -3.78. The second kappa shape index (κ2) is 10.5. The number of nitrogens with zero attached hydrogens (tertiary/aromatic N) is 1. The molecule has 1 amide bonds. The molecule has 4 aromatic rings. The number of alkyl halides is 3. The molecule has 0 unspecified atom stereocenters. The summed E-state index contributed by atoms with van der Waals surface area (Å²) in [5.41, 5.74) is -0.449. The maximum atomic E-state index is 14.4. The molecule has 0 radical (unpaired) electrons. The van der Waals surface area contributed by atoms with E-state index in [9.17, 15) is 22.8 Å². The summed E-state index contributed by atoms with van der Waals surface area (Å²) < 4.78 is 49.1. The van der Waals surface area contributed by atoms with Gasteiger partial charge in [-0.2, -0.15) is 13.2 Å². The molecule has 0 aliphatic heterocycles. The van der Waals surface area contributed by atoms with Gasteiger partial charge in [0, 0.05) is 28.1 Å². The third-order valence-electron chi connectivity index (χ3n) is 5.76. The Morgan fingerprint density at radius 1 is 1.00 bits per heavy atom. The molecule has 1 heterocycles. The van der Waals surface area contributed by atoms with Gasteiger partial charge < -0.3 is 10.1 Å². The predicted octanol–water partition coefficient (Wildman–Crippen LogP) is 5.91. The molecule has 0 aliphatic rings. The van der Waals surface area contributed by atoms with Gasteiger partial charge in [0.15, 0.2) is 0 Å². The van der Waals surface area contributed by atoms with Crippen LogP contribution in [0.2, 0.25) is 5.02 Å². The van der Waals surface area contributed by atoms with E-state index in [-0.39, 0.29) is 28.6 Å². The molecule has 0 aliphatic carbocycles. The van der Waals surface area contributed by atoms with Crippen LogP contribution in [0.25, 0.3) is 10.9 Å². The molecule has 9 heteroatoms. The Bertz CT molecular complexity index is 1400. The van der Waals surface area contributed by atoms with Crippen LogP contribution in [0.3, 0.4) is 0 Å². The fraction of sp³-hybridized carbons (Fsp3) is 0.185. The Kier molecular flexibility index (Phi) is 7.35. The van der Waals surface area contributed by atoms with Gasteiger partial charge in [-0.25, -0.2) is 0 Å². The predicted molar refractivity (Wildman–Crippen MR) is 132 cm³/mol. The first-order chi connectivity index (χ1) is 17.2. The molecule has 36 heavy (non-hydrogen) atoms. The molecule has 4 rings (SSSR count). The van der Waals surface area contributed by atoms with E-state index in [0.717, 1.165) is 5.56 Å². The Labute approximate surface area is 210 Å². The summed E-state index contributed by atoms with van der Waals surface area (Å²) >= 11 is 5.88. The molecule has 1 aromatic heterocycles. The molecule has 5 nitrogen and oxygen atoms in total. The number of halogens is 4. The van der Waals surface area contributed by atoms with E-state index >= 15 is 0 Å². The average molecular weight is 515 g/mol. The zero-order chi connectivity index (χ0) is 25.9. The second-order valence-electron chi connectivity index (χ2n) is 8.12. The maximum Gasteiger partial charge on any atom is 0.432 e. The quantitative estimate of drug-likeness (QED) is 0.333. The number of carbonyl (C=O) groups excluding carboxylic acids is 2. The third-order valence-corrected chi connectivity index (χ3v) is 6.01. The van der Waals surface area contributed by atoms with Crippen LogP contribution in [-0.2, 0) is 23.8 Å². The molecule has 0 saturated heterocycles. The van der Waals surface area contributed by atoms with E-state index in [1.807, 2.05) is 30.3 Å². The lowest BCUT2D eigenvalue weighted by Gasteiger charge is -2.14. The van der Waals surface area contributed by atoms with Crippen molar-refractivity contribution in [3.05, 3.63) is 100 Å². The fourth-order valence-corrected chi connectivity index (χ4v) is 4.21. The zero-order valence-corrected chi connectivity index (χ0v) is 20.0. The van der Waals surface area contributed by atoms with E-state index in [2.05, 4.69) is 5.32 Å². The first-order valence-corrected chi connectivity index (χ1v) is 11.5. The van der Waals surface area contributed by atoms with Crippen LogP contribution in [0, 0.1) is 0 Å². The highest BCUT2D eigenvalue weighted by Crippen LogP contribution is 2.40. The van der Waals surface area contributed by atoms with Gasteiger partial charge in [0.2, 0.25) is 5.91 Å². The second-order valence-corrected chi connectivity index (χ2v) is 8.55. The number of carbonyl (C=O) groups is 2. The monoisotopic (exact) mass is 514 g/mol. The summed E-state index contributed by atoms with van der Waals surface area (Å²) in [6.07, 6.45) is -4.94. The van der Waals surface area contributed by atoms with Gasteiger partial charge in [-0.05, 0) is 54.4 Å². The Balaban J connectivity index is 1.75. The van der Waals surface area contributed by atoms with Crippen LogP contribution in [0.1, 0.15) is 27.2 Å². The normalized spacial score (nSPS) is 11.5. The highest BCUT2D eigenvalue weighted by atomic mass is 35.5. The maximum absolute atomic E-state index is 14.4. The summed E-state index contributed by atoms with van der Waals surface area (Å²) in [4.78, 5) is 26.1. The molecule has 0 fully saturated rings. The van der Waals surface area contributed by atoms with Crippen LogP contribution in [-0.4, -0.2) is 30.0 Å². The van der Waals surface area contributed by atoms with E-state index in [0.29, 0.717) is 21.8 Å². The Morgan fingerprint density at radius 3 is 2.33 bits per heavy atom. The molecule has 0 spiro atoms. The van der Waals surface area contributed by atoms with Gasteiger partial charge in [-0.3, -0.25) is 14.2 Å². The lowest BCUT2D eigenvalue weighted by Crippen LogP contribution is -2.29. The van der Waals surface area contributed by atoms with Crippen molar-refractivity contribution in [2.45, 2.75) is 19.0 Å². The van der Waals surface area contributed by atoms with Crippen LogP contribution < -0.4 is 10.1 Å². The van der Waals surface area contributed by atoms with Gasteiger partial charge >= 0.3 is 6.18 Å². The molecule has 0 atom stereocenters. The van der Waals surface area contributed by atoms with Crippen LogP contribution in [0.5, 0.6) is 5.75 Å². The highest BCUT2D eigenvalue weighted by Gasteiger charge is 2.41. The van der Waals surface area contributed by atoms with Gasteiger partial charge in [-0.1, -0.05) is 41.9 Å². The number of amides is 1. The van der Waals surface area contributed by atoms with Gasteiger partial charge in [0.1, 0.15) is 11.4 Å². The zero-order valence-electron chi connectivity index (χ0n) is 19.2. The smallest absolute Gasteiger partial charge is 0.432 e. The Morgan fingerprint density at radius 2 is 1.69 bits per heavy atom. The summed E-state index contributed by atoms with van der Waals surface area (Å²) in [5, 5.41) is 3.14. The molecule has 0 bridgehead atoms. The van der Waals surface area contributed by atoms with Crippen molar-refractivity contribution in [1.29, 1.82) is 0 Å². The van der Waals surface area contributed by atoms with E-state index in [1.54, 1.807) is 0 Å². The summed E-state index contributed by atoms with van der Waals surface area (Å²) in [7, 11) is 1.39. The van der Waals surface area contributed by atoms with Gasteiger partial charge in [0.05, 0.1) is 19.0 Å². The molecular formula is C27H22ClF3N2O3. The minimum absolute atomic E-state index is 0.0233. The van der Waals surface area contributed by atoms with Crippen LogP contribution in [0.4, 0.5) is 13.2 Å². The number of nitrogens with one attached hydrogen (secondary N) is 1. The van der Waals surface area contributed by atoms with E-state index in [4.69, 9.17) is 16.3 Å². The number of ether oxygens (including phenoxy) is 1. The molecular weight excluding hydrogens is 493 g/mol. The number of hydrogen-bond donors (Lipinski definition) is 1. The minimum atomic E-state index is -4.91. The van der Waals surface area contributed by atoms with Crippen molar-refractivity contribution in [2.75, 3.05) is 13.7 Å². The molecule has 3 aromatic carbocycles. The van der Waals surface area contributed by atoms with Crippen molar-refractivity contribution >= 4 is 34.3 Å². The highest BCUT2D eigenvalue weighted by molar-refractivity contribution is 6.30. The van der Waals surface area contributed by atoms with E-state index < -0.39 is 30.1 Å².